The summed E-state index contributed by atoms with van der Waals surface area (Å²) >= 11 is 0. The molecule has 3 rings (SSSR count). The lowest BCUT2D eigenvalue weighted by molar-refractivity contribution is 0.0823. The van der Waals surface area contributed by atoms with E-state index in [-0.39, 0.29) is 11.5 Å². The molecule has 0 spiro atoms. The molecule has 1 N–H and O–H groups in total. The van der Waals surface area contributed by atoms with Gasteiger partial charge in [-0.1, -0.05) is 18.2 Å². The molecule has 128 valence electrons. The fourth-order valence-electron chi connectivity index (χ4n) is 2.41. The van der Waals surface area contributed by atoms with E-state index >= 15 is 0 Å². The number of amides is 1. The van der Waals surface area contributed by atoms with Gasteiger partial charge in [0.25, 0.3) is 5.91 Å². The molecule has 2 aromatic carbocycles. The van der Waals surface area contributed by atoms with Gasteiger partial charge in [0.2, 0.25) is 0 Å². The molecule has 0 aliphatic heterocycles. The molecule has 1 heterocycles. The quantitative estimate of drug-likeness (QED) is 0.776. The summed E-state index contributed by atoms with van der Waals surface area (Å²) in [7, 11) is 3.19. The van der Waals surface area contributed by atoms with Crippen LogP contribution in [0.15, 0.2) is 60.8 Å². The Morgan fingerprint density at radius 3 is 2.64 bits per heavy atom. The minimum atomic E-state index is -0.530. The normalized spacial score (nSPS) is 10.5. The van der Waals surface area contributed by atoms with Crippen LogP contribution in [0.5, 0.6) is 0 Å². The molecule has 0 atom stereocenters. The summed E-state index contributed by atoms with van der Waals surface area (Å²) in [6.07, 6.45) is 1.89. The minimum absolute atomic E-state index is 0.0461. The van der Waals surface area contributed by atoms with Crippen LogP contribution >= 0.6 is 0 Å². The summed E-state index contributed by atoms with van der Waals surface area (Å²) in [5.41, 5.74) is 2.54. The Labute approximate surface area is 145 Å². The van der Waals surface area contributed by atoms with Gasteiger partial charge in [-0.25, -0.2) is 9.07 Å². The van der Waals surface area contributed by atoms with Gasteiger partial charge in [0.15, 0.2) is 0 Å². The summed E-state index contributed by atoms with van der Waals surface area (Å²) in [6.45, 7) is 0.473. The minimum Gasteiger partial charge on any atom is -0.379 e. The van der Waals surface area contributed by atoms with Crippen molar-refractivity contribution in [2.24, 2.45) is 0 Å². The molecule has 0 fully saturated rings. The lowest BCUT2D eigenvalue weighted by atomic mass is 10.1. The van der Waals surface area contributed by atoms with Gasteiger partial charge < -0.3 is 10.2 Å². The summed E-state index contributed by atoms with van der Waals surface area (Å²) < 4.78 is 15.6. The van der Waals surface area contributed by atoms with Gasteiger partial charge in [-0.3, -0.25) is 4.79 Å². The van der Waals surface area contributed by atoms with Gasteiger partial charge in [-0.2, -0.15) is 5.10 Å². The van der Waals surface area contributed by atoms with Crippen LogP contribution in [0.4, 0.5) is 10.1 Å². The van der Waals surface area contributed by atoms with Crippen molar-refractivity contribution < 1.29 is 9.18 Å². The topological polar surface area (TPSA) is 50.2 Å². The van der Waals surface area contributed by atoms with E-state index in [4.69, 9.17) is 0 Å². The average molecular weight is 338 g/mol. The Hall–Kier alpha value is -3.15. The maximum atomic E-state index is 13.8. The second kappa shape index (κ2) is 7.17. The molecular weight excluding hydrogens is 319 g/mol. The molecule has 0 saturated carbocycles. The molecule has 0 aliphatic carbocycles. The highest BCUT2D eigenvalue weighted by atomic mass is 19.1. The molecule has 5 nitrogen and oxygen atoms in total. The monoisotopic (exact) mass is 338 g/mol. The molecular formula is C19H19FN4O. The number of hydrogen-bond donors (Lipinski definition) is 1. The first kappa shape index (κ1) is 16.7. The Bertz CT molecular complexity index is 874. The molecule has 25 heavy (non-hydrogen) atoms. The summed E-state index contributed by atoms with van der Waals surface area (Å²) in [5, 5.41) is 7.68. The van der Waals surface area contributed by atoms with E-state index in [2.05, 4.69) is 10.4 Å². The smallest absolute Gasteiger partial charge is 0.256 e. The van der Waals surface area contributed by atoms with Crippen LogP contribution in [0.1, 0.15) is 16.1 Å². The second-order valence-corrected chi connectivity index (χ2v) is 5.83. The number of anilines is 1. The van der Waals surface area contributed by atoms with E-state index in [1.54, 1.807) is 24.8 Å². The Balaban J connectivity index is 1.71. The van der Waals surface area contributed by atoms with Crippen molar-refractivity contribution in [1.82, 2.24) is 14.7 Å². The number of rotatable bonds is 5. The molecule has 6 heteroatoms. The van der Waals surface area contributed by atoms with Crippen LogP contribution < -0.4 is 5.32 Å². The molecule has 0 radical (unpaired) electrons. The van der Waals surface area contributed by atoms with Gasteiger partial charge in [-0.15, -0.1) is 0 Å². The third-order valence-electron chi connectivity index (χ3n) is 3.74. The molecule has 1 amide bonds. The lowest BCUT2D eigenvalue weighted by Gasteiger charge is -2.12. The number of nitrogens with one attached hydrogen (secondary N) is 1. The number of carbonyl (C=O) groups is 1. The number of hydrogen-bond acceptors (Lipinski definition) is 3. The van der Waals surface area contributed by atoms with Gasteiger partial charge in [0.05, 0.1) is 23.5 Å². The zero-order valence-electron chi connectivity index (χ0n) is 14.1. The highest BCUT2D eigenvalue weighted by molar-refractivity contribution is 5.95. The first-order chi connectivity index (χ1) is 12.0. The first-order valence-electron chi connectivity index (χ1n) is 7.89. The van der Waals surface area contributed by atoms with Crippen LogP contribution in [0.25, 0.3) is 5.69 Å². The average Bonchev–Trinajstić information content (AvgIpc) is 3.10. The Kier molecular flexibility index (Phi) is 4.79. The van der Waals surface area contributed by atoms with Crippen molar-refractivity contribution >= 4 is 11.6 Å². The highest BCUT2D eigenvalue weighted by Crippen LogP contribution is 2.17. The van der Waals surface area contributed by atoms with E-state index in [0.717, 1.165) is 11.4 Å². The van der Waals surface area contributed by atoms with Crippen molar-refractivity contribution in [2.75, 3.05) is 19.4 Å². The van der Waals surface area contributed by atoms with Crippen LogP contribution in [-0.2, 0) is 6.54 Å². The van der Waals surface area contributed by atoms with Crippen LogP contribution in [-0.4, -0.2) is 34.7 Å². The number of halogens is 1. The zero-order chi connectivity index (χ0) is 17.8. The van der Waals surface area contributed by atoms with Gasteiger partial charge in [-0.05, 0) is 36.4 Å². The maximum Gasteiger partial charge on any atom is 0.256 e. The van der Waals surface area contributed by atoms with Gasteiger partial charge in [0, 0.05) is 26.0 Å². The third-order valence-corrected chi connectivity index (χ3v) is 3.74. The molecule has 1 aromatic heterocycles. The summed E-state index contributed by atoms with van der Waals surface area (Å²) in [5.74, 6) is -0.896. The largest absolute Gasteiger partial charge is 0.379 e. The number of carbonyl (C=O) groups excluding carboxylic acids is 1. The first-order valence-corrected chi connectivity index (χ1v) is 7.89. The van der Waals surface area contributed by atoms with Crippen LogP contribution in [0, 0.1) is 5.82 Å². The number of benzene rings is 2. The van der Waals surface area contributed by atoms with Crippen molar-refractivity contribution in [3.63, 3.8) is 0 Å². The van der Waals surface area contributed by atoms with Gasteiger partial charge in [0.1, 0.15) is 5.82 Å². The zero-order valence-corrected chi connectivity index (χ0v) is 14.1. The van der Waals surface area contributed by atoms with Crippen LogP contribution in [0.3, 0.4) is 0 Å². The predicted molar refractivity (Wildman–Crippen MR) is 95.3 cm³/mol. The van der Waals surface area contributed by atoms with Crippen molar-refractivity contribution in [1.29, 1.82) is 0 Å². The molecule has 0 bridgehead atoms. The number of aromatic nitrogens is 2. The summed E-state index contributed by atoms with van der Waals surface area (Å²) in [6, 6.07) is 16.1. The van der Waals surface area contributed by atoms with Crippen molar-refractivity contribution in [2.45, 2.75) is 6.54 Å². The van der Waals surface area contributed by atoms with Crippen LogP contribution in [0.2, 0.25) is 0 Å². The number of para-hydroxylation sites is 1. The molecule has 0 aliphatic rings. The SMILES string of the molecule is CN(C)C(=O)c1cc(NCc2ccn(-c3ccccc3)n2)ccc1F. The van der Waals surface area contributed by atoms with E-state index in [1.165, 1.54) is 17.0 Å². The Morgan fingerprint density at radius 2 is 1.92 bits per heavy atom. The molecule has 0 saturated heterocycles. The van der Waals surface area contributed by atoms with Gasteiger partial charge >= 0.3 is 0 Å². The van der Waals surface area contributed by atoms with Crippen molar-refractivity contribution in [3.05, 3.63) is 77.9 Å². The standard InChI is InChI=1S/C19H19FN4O/c1-23(2)19(25)17-12-14(8-9-18(17)20)21-13-15-10-11-24(22-15)16-6-4-3-5-7-16/h3-12,21H,13H2,1-2H3. The number of nitrogens with zero attached hydrogens (tertiary/aromatic N) is 3. The lowest BCUT2D eigenvalue weighted by Crippen LogP contribution is -2.23. The molecule has 0 unspecified atom stereocenters. The van der Waals surface area contributed by atoms with E-state index < -0.39 is 5.82 Å². The molecule has 3 aromatic rings. The Morgan fingerprint density at radius 1 is 1.16 bits per heavy atom. The summed E-state index contributed by atoms with van der Waals surface area (Å²) in [4.78, 5) is 13.3. The highest BCUT2D eigenvalue weighted by Gasteiger charge is 2.14. The van der Waals surface area contributed by atoms with E-state index in [9.17, 15) is 9.18 Å². The fraction of sp³-hybridized carbons (Fsp3) is 0.158. The predicted octanol–water partition coefficient (Wildman–Crippen LogP) is 3.33. The second-order valence-electron chi connectivity index (χ2n) is 5.83. The van der Waals surface area contributed by atoms with E-state index in [1.807, 2.05) is 42.6 Å². The van der Waals surface area contributed by atoms with Crippen molar-refractivity contribution in [3.8, 4) is 5.69 Å². The maximum absolute atomic E-state index is 13.8. The fourth-order valence-corrected chi connectivity index (χ4v) is 2.41. The third kappa shape index (κ3) is 3.85. The van der Waals surface area contributed by atoms with E-state index in [0.29, 0.717) is 12.2 Å².